The van der Waals surface area contributed by atoms with Crippen LogP contribution in [0.3, 0.4) is 0 Å². The highest BCUT2D eigenvalue weighted by molar-refractivity contribution is 5.46. The molecule has 1 aromatic rings. The van der Waals surface area contributed by atoms with Crippen molar-refractivity contribution in [2.75, 3.05) is 23.3 Å². The van der Waals surface area contributed by atoms with E-state index in [2.05, 4.69) is 47.0 Å². The summed E-state index contributed by atoms with van der Waals surface area (Å²) in [7, 11) is 0. The summed E-state index contributed by atoms with van der Waals surface area (Å²) in [4.78, 5) is 11.5. The van der Waals surface area contributed by atoms with Gasteiger partial charge in [0.2, 0.25) is 5.95 Å². The quantitative estimate of drug-likeness (QED) is 0.893. The molecule has 0 aromatic carbocycles. The summed E-state index contributed by atoms with van der Waals surface area (Å²) in [6, 6.07) is 2.65. The molecular weight excluding hydrogens is 224 g/mol. The molecule has 0 aliphatic carbocycles. The molecule has 2 rings (SSSR count). The van der Waals surface area contributed by atoms with E-state index in [4.69, 9.17) is 0 Å². The van der Waals surface area contributed by atoms with Gasteiger partial charge in [-0.05, 0) is 39.5 Å². The van der Waals surface area contributed by atoms with E-state index in [0.717, 1.165) is 36.5 Å². The molecule has 4 nitrogen and oxygen atoms in total. The Bertz CT molecular complexity index is 405. The molecule has 2 heterocycles. The first-order valence-corrected chi connectivity index (χ1v) is 6.98. The SMILES string of the molecule is CCNc1nc(C)cc(N2CCCC(C)C2C)n1. The van der Waals surface area contributed by atoms with E-state index >= 15 is 0 Å². The van der Waals surface area contributed by atoms with E-state index in [9.17, 15) is 0 Å². The Hall–Kier alpha value is -1.32. The number of rotatable bonds is 3. The molecule has 1 aliphatic heterocycles. The molecule has 4 heteroatoms. The monoisotopic (exact) mass is 248 g/mol. The average Bonchev–Trinajstić information content (AvgIpc) is 2.32. The number of hydrogen-bond acceptors (Lipinski definition) is 4. The van der Waals surface area contributed by atoms with Gasteiger partial charge in [-0.1, -0.05) is 6.92 Å². The van der Waals surface area contributed by atoms with Crippen LogP contribution >= 0.6 is 0 Å². The van der Waals surface area contributed by atoms with Crippen molar-refractivity contribution in [2.24, 2.45) is 5.92 Å². The summed E-state index contributed by atoms with van der Waals surface area (Å²) in [6.45, 7) is 10.7. The minimum Gasteiger partial charge on any atom is -0.354 e. The van der Waals surface area contributed by atoms with Crippen molar-refractivity contribution in [1.29, 1.82) is 0 Å². The number of nitrogens with zero attached hydrogens (tertiary/aromatic N) is 3. The molecule has 2 unspecified atom stereocenters. The summed E-state index contributed by atoms with van der Waals surface area (Å²) in [5.41, 5.74) is 1.03. The summed E-state index contributed by atoms with van der Waals surface area (Å²) in [6.07, 6.45) is 2.58. The number of aryl methyl sites for hydroxylation is 1. The zero-order valence-corrected chi connectivity index (χ0v) is 11.9. The lowest BCUT2D eigenvalue weighted by atomic mass is 9.92. The molecule has 0 saturated carbocycles. The molecule has 18 heavy (non-hydrogen) atoms. The predicted molar refractivity (Wildman–Crippen MR) is 76.1 cm³/mol. The fourth-order valence-electron chi connectivity index (χ4n) is 2.60. The van der Waals surface area contributed by atoms with E-state index in [1.54, 1.807) is 0 Å². The standard InChI is InChI=1S/C14H24N4/c1-5-15-14-16-11(3)9-13(17-14)18-8-6-7-10(2)12(18)4/h9-10,12H,5-8H2,1-4H3,(H,15,16,17). The van der Waals surface area contributed by atoms with Crippen LogP contribution in [0, 0.1) is 12.8 Å². The minimum absolute atomic E-state index is 0.558. The molecule has 0 spiro atoms. The Labute approximate surface area is 110 Å². The Kier molecular flexibility index (Phi) is 4.04. The van der Waals surface area contributed by atoms with Crippen LogP contribution in [-0.2, 0) is 0 Å². The molecule has 0 amide bonds. The van der Waals surface area contributed by atoms with Gasteiger partial charge in [-0.15, -0.1) is 0 Å². The van der Waals surface area contributed by atoms with Gasteiger partial charge >= 0.3 is 0 Å². The van der Waals surface area contributed by atoms with E-state index in [0.29, 0.717) is 6.04 Å². The van der Waals surface area contributed by atoms with Gasteiger partial charge in [0.15, 0.2) is 0 Å². The second-order valence-corrected chi connectivity index (χ2v) is 5.27. The molecular formula is C14H24N4. The molecule has 100 valence electrons. The van der Waals surface area contributed by atoms with Crippen LogP contribution in [0.1, 0.15) is 39.3 Å². The molecule has 1 N–H and O–H groups in total. The maximum atomic E-state index is 4.64. The van der Waals surface area contributed by atoms with Crippen molar-refractivity contribution in [3.8, 4) is 0 Å². The van der Waals surface area contributed by atoms with Crippen LogP contribution in [0.25, 0.3) is 0 Å². The maximum Gasteiger partial charge on any atom is 0.224 e. The van der Waals surface area contributed by atoms with Gasteiger partial charge in [-0.3, -0.25) is 0 Å². The first-order chi connectivity index (χ1) is 8.61. The topological polar surface area (TPSA) is 41.1 Å². The van der Waals surface area contributed by atoms with Crippen LogP contribution in [0.15, 0.2) is 6.07 Å². The normalized spacial score (nSPS) is 24.1. The molecule has 0 bridgehead atoms. The number of aromatic nitrogens is 2. The second kappa shape index (κ2) is 5.55. The zero-order chi connectivity index (χ0) is 13.1. The first-order valence-electron chi connectivity index (χ1n) is 6.98. The molecule has 2 atom stereocenters. The van der Waals surface area contributed by atoms with Gasteiger partial charge < -0.3 is 10.2 Å². The lowest BCUT2D eigenvalue weighted by Crippen LogP contribution is -2.43. The molecule has 1 aromatic heterocycles. The van der Waals surface area contributed by atoms with Crippen LogP contribution in [0.2, 0.25) is 0 Å². The number of anilines is 2. The number of piperidine rings is 1. The summed E-state index contributed by atoms with van der Waals surface area (Å²) in [5, 5.41) is 3.20. The average molecular weight is 248 g/mol. The van der Waals surface area contributed by atoms with Gasteiger partial charge in [0.05, 0.1) is 0 Å². The lowest BCUT2D eigenvalue weighted by Gasteiger charge is -2.38. The summed E-state index contributed by atoms with van der Waals surface area (Å²) < 4.78 is 0. The highest BCUT2D eigenvalue weighted by atomic mass is 15.2. The maximum absolute atomic E-state index is 4.64. The van der Waals surface area contributed by atoms with Gasteiger partial charge in [-0.25, -0.2) is 4.98 Å². The molecule has 1 fully saturated rings. The van der Waals surface area contributed by atoms with Crippen LogP contribution < -0.4 is 10.2 Å². The van der Waals surface area contributed by atoms with Crippen molar-refractivity contribution in [3.63, 3.8) is 0 Å². The van der Waals surface area contributed by atoms with E-state index < -0.39 is 0 Å². The number of hydrogen-bond donors (Lipinski definition) is 1. The van der Waals surface area contributed by atoms with Crippen molar-refractivity contribution < 1.29 is 0 Å². The third-order valence-corrected chi connectivity index (χ3v) is 3.84. The highest BCUT2D eigenvalue weighted by Gasteiger charge is 2.26. The Morgan fingerprint density at radius 2 is 2.17 bits per heavy atom. The van der Waals surface area contributed by atoms with Crippen molar-refractivity contribution in [2.45, 2.75) is 46.6 Å². The summed E-state index contributed by atoms with van der Waals surface area (Å²) >= 11 is 0. The largest absolute Gasteiger partial charge is 0.354 e. The van der Waals surface area contributed by atoms with Crippen LogP contribution in [0.4, 0.5) is 11.8 Å². The zero-order valence-electron chi connectivity index (χ0n) is 11.9. The third kappa shape index (κ3) is 2.74. The molecule has 1 aliphatic rings. The van der Waals surface area contributed by atoms with Crippen molar-refractivity contribution in [3.05, 3.63) is 11.8 Å². The summed E-state index contributed by atoms with van der Waals surface area (Å²) in [5.74, 6) is 2.55. The minimum atomic E-state index is 0.558. The Morgan fingerprint density at radius 3 is 2.89 bits per heavy atom. The third-order valence-electron chi connectivity index (χ3n) is 3.84. The molecule has 0 radical (unpaired) electrons. The Morgan fingerprint density at radius 1 is 1.39 bits per heavy atom. The lowest BCUT2D eigenvalue weighted by molar-refractivity contribution is 0.361. The van der Waals surface area contributed by atoms with Crippen LogP contribution in [0.5, 0.6) is 0 Å². The first kappa shape index (κ1) is 13.1. The fourth-order valence-corrected chi connectivity index (χ4v) is 2.60. The van der Waals surface area contributed by atoms with E-state index in [1.165, 1.54) is 12.8 Å². The smallest absolute Gasteiger partial charge is 0.224 e. The van der Waals surface area contributed by atoms with Crippen molar-refractivity contribution in [1.82, 2.24) is 9.97 Å². The van der Waals surface area contributed by atoms with E-state index in [-0.39, 0.29) is 0 Å². The van der Waals surface area contributed by atoms with Crippen LogP contribution in [-0.4, -0.2) is 29.1 Å². The second-order valence-electron chi connectivity index (χ2n) is 5.27. The Balaban J connectivity index is 2.26. The van der Waals surface area contributed by atoms with Crippen molar-refractivity contribution >= 4 is 11.8 Å². The predicted octanol–water partition coefficient (Wildman–Crippen LogP) is 2.84. The van der Waals surface area contributed by atoms with Gasteiger partial charge in [0.25, 0.3) is 0 Å². The van der Waals surface area contributed by atoms with Gasteiger partial charge in [0, 0.05) is 30.9 Å². The van der Waals surface area contributed by atoms with Gasteiger partial charge in [-0.2, -0.15) is 4.98 Å². The fraction of sp³-hybridized carbons (Fsp3) is 0.714. The molecule has 1 saturated heterocycles. The van der Waals surface area contributed by atoms with Gasteiger partial charge in [0.1, 0.15) is 5.82 Å². The number of nitrogens with one attached hydrogen (secondary N) is 1. The van der Waals surface area contributed by atoms with E-state index in [1.807, 2.05) is 6.92 Å². The highest BCUT2D eigenvalue weighted by Crippen LogP contribution is 2.27.